The Morgan fingerprint density at radius 2 is 1.62 bits per heavy atom. The van der Waals surface area contributed by atoms with Crippen LogP contribution < -0.4 is 0 Å². The molecule has 3 nitrogen and oxygen atoms in total. The Morgan fingerprint density at radius 1 is 1.08 bits per heavy atom. The number of aliphatic hydroxyl groups excluding tert-OH is 1. The Hall–Kier alpha value is -1.48. The lowest BCUT2D eigenvalue weighted by atomic mass is 10.1. The second-order valence-electron chi connectivity index (χ2n) is 2.72. The maximum absolute atomic E-state index is 10.5. The summed E-state index contributed by atoms with van der Waals surface area (Å²) in [5.74, 6) is 0. The molecule has 3 heteroatoms. The number of aliphatic hydroxyl groups is 1. The Balaban J connectivity index is 3.06. The summed E-state index contributed by atoms with van der Waals surface area (Å²) in [6.07, 6.45) is 1.84. The highest BCUT2D eigenvalue weighted by atomic mass is 16.3. The van der Waals surface area contributed by atoms with E-state index in [1.807, 2.05) is 0 Å². The number of hydrogen-bond donors (Lipinski definition) is 1. The van der Waals surface area contributed by atoms with Crippen LogP contribution in [-0.4, -0.2) is 24.3 Å². The summed E-state index contributed by atoms with van der Waals surface area (Å²) in [7, 11) is 0. The van der Waals surface area contributed by atoms with Crippen LogP contribution in [0.4, 0.5) is 0 Å². The van der Waals surface area contributed by atoms with Gasteiger partial charge in [-0.25, -0.2) is 0 Å². The van der Waals surface area contributed by atoms with Crippen LogP contribution >= 0.6 is 0 Å². The first kappa shape index (κ1) is 9.61. The van der Waals surface area contributed by atoms with E-state index < -0.39 is 0 Å². The molecule has 0 saturated carbocycles. The smallest absolute Gasteiger partial charge is 0.150 e. The molecule has 1 aromatic carbocycles. The number of carbonyl (C=O) groups is 2. The van der Waals surface area contributed by atoms with Crippen LogP contribution in [0.3, 0.4) is 0 Å². The Labute approximate surface area is 76.0 Å². The molecule has 0 bridgehead atoms. The van der Waals surface area contributed by atoms with Gasteiger partial charge in [0, 0.05) is 17.7 Å². The molecule has 0 saturated heterocycles. The van der Waals surface area contributed by atoms with E-state index in [1.54, 1.807) is 12.1 Å². The highest BCUT2D eigenvalue weighted by Gasteiger charge is 1.99. The summed E-state index contributed by atoms with van der Waals surface area (Å²) in [6, 6.07) is 4.84. The lowest BCUT2D eigenvalue weighted by molar-refractivity contribution is 0.112. The van der Waals surface area contributed by atoms with E-state index in [1.165, 1.54) is 6.07 Å². The van der Waals surface area contributed by atoms with E-state index in [2.05, 4.69) is 0 Å². The zero-order valence-corrected chi connectivity index (χ0v) is 7.06. The van der Waals surface area contributed by atoms with Crippen molar-refractivity contribution in [1.82, 2.24) is 0 Å². The van der Waals surface area contributed by atoms with Crippen LogP contribution in [0.1, 0.15) is 26.3 Å². The molecule has 0 unspecified atom stereocenters. The SMILES string of the molecule is O=Cc1cc(C=O)cc(CCO)c1. The molecule has 1 aromatic rings. The summed E-state index contributed by atoms with van der Waals surface area (Å²) in [5.41, 5.74) is 1.73. The second kappa shape index (κ2) is 4.52. The molecule has 0 aliphatic rings. The molecule has 1 N–H and O–H groups in total. The zero-order chi connectivity index (χ0) is 9.68. The minimum atomic E-state index is 0.0145. The van der Waals surface area contributed by atoms with E-state index in [0.717, 1.165) is 5.56 Å². The maximum atomic E-state index is 10.5. The minimum Gasteiger partial charge on any atom is -0.396 e. The molecular formula is C10H10O3. The van der Waals surface area contributed by atoms with Gasteiger partial charge in [0.25, 0.3) is 0 Å². The third-order valence-electron chi connectivity index (χ3n) is 1.71. The van der Waals surface area contributed by atoms with Crippen LogP contribution in [0.25, 0.3) is 0 Å². The largest absolute Gasteiger partial charge is 0.396 e. The molecule has 0 aliphatic heterocycles. The van der Waals surface area contributed by atoms with Crippen molar-refractivity contribution in [3.05, 3.63) is 34.9 Å². The molecular weight excluding hydrogens is 168 g/mol. The van der Waals surface area contributed by atoms with Crippen molar-refractivity contribution in [3.63, 3.8) is 0 Å². The fourth-order valence-corrected chi connectivity index (χ4v) is 1.16. The predicted octanol–water partition coefficient (Wildman–Crippen LogP) is 0.846. The molecule has 0 atom stereocenters. The van der Waals surface area contributed by atoms with Gasteiger partial charge in [-0.15, -0.1) is 0 Å². The maximum Gasteiger partial charge on any atom is 0.150 e. The highest BCUT2D eigenvalue weighted by Crippen LogP contribution is 2.07. The van der Waals surface area contributed by atoms with Gasteiger partial charge in [-0.05, 0) is 30.2 Å². The van der Waals surface area contributed by atoms with E-state index in [0.29, 0.717) is 30.1 Å². The molecule has 0 spiro atoms. The summed E-state index contributed by atoms with van der Waals surface area (Å²) in [5, 5.41) is 8.67. The van der Waals surface area contributed by atoms with Gasteiger partial charge < -0.3 is 5.11 Å². The minimum absolute atomic E-state index is 0.0145. The summed E-state index contributed by atoms with van der Waals surface area (Å²) < 4.78 is 0. The standard InChI is InChI=1S/C10H10O3/c11-2-1-8-3-9(6-12)5-10(4-8)7-13/h3-7,11H,1-2H2. The number of carbonyl (C=O) groups excluding carboxylic acids is 2. The molecule has 68 valence electrons. The fraction of sp³-hybridized carbons (Fsp3) is 0.200. The first-order valence-corrected chi connectivity index (χ1v) is 3.95. The number of benzene rings is 1. The van der Waals surface area contributed by atoms with Crippen LogP contribution in [0.15, 0.2) is 18.2 Å². The Kier molecular flexibility index (Phi) is 3.34. The Bertz CT molecular complexity index is 292. The fourth-order valence-electron chi connectivity index (χ4n) is 1.16. The molecule has 13 heavy (non-hydrogen) atoms. The summed E-state index contributed by atoms with van der Waals surface area (Å²) >= 11 is 0. The van der Waals surface area contributed by atoms with Crippen LogP contribution in [0.2, 0.25) is 0 Å². The van der Waals surface area contributed by atoms with Gasteiger partial charge in [0.05, 0.1) is 0 Å². The van der Waals surface area contributed by atoms with Gasteiger partial charge in [0.2, 0.25) is 0 Å². The molecule has 0 radical (unpaired) electrons. The van der Waals surface area contributed by atoms with E-state index in [-0.39, 0.29) is 6.61 Å². The number of aldehydes is 2. The van der Waals surface area contributed by atoms with Gasteiger partial charge in [-0.3, -0.25) is 9.59 Å². The van der Waals surface area contributed by atoms with Crippen molar-refractivity contribution in [1.29, 1.82) is 0 Å². The van der Waals surface area contributed by atoms with Crippen molar-refractivity contribution in [3.8, 4) is 0 Å². The second-order valence-corrected chi connectivity index (χ2v) is 2.72. The van der Waals surface area contributed by atoms with Gasteiger partial charge in [-0.1, -0.05) is 0 Å². The molecule has 0 heterocycles. The highest BCUT2D eigenvalue weighted by molar-refractivity contribution is 5.82. The number of hydrogen-bond acceptors (Lipinski definition) is 3. The van der Waals surface area contributed by atoms with Gasteiger partial charge in [0.15, 0.2) is 0 Å². The topological polar surface area (TPSA) is 54.4 Å². The summed E-state index contributed by atoms with van der Waals surface area (Å²) in [4.78, 5) is 20.9. The van der Waals surface area contributed by atoms with E-state index in [9.17, 15) is 9.59 Å². The van der Waals surface area contributed by atoms with Gasteiger partial charge in [0.1, 0.15) is 12.6 Å². The third kappa shape index (κ3) is 2.49. The molecule has 1 rings (SSSR count). The first-order valence-electron chi connectivity index (χ1n) is 3.95. The van der Waals surface area contributed by atoms with Gasteiger partial charge >= 0.3 is 0 Å². The zero-order valence-electron chi connectivity index (χ0n) is 7.06. The Morgan fingerprint density at radius 3 is 2.00 bits per heavy atom. The average Bonchev–Trinajstić information content (AvgIpc) is 2.17. The lowest BCUT2D eigenvalue weighted by Crippen LogP contribution is -1.95. The third-order valence-corrected chi connectivity index (χ3v) is 1.71. The van der Waals surface area contributed by atoms with Crippen molar-refractivity contribution in [2.24, 2.45) is 0 Å². The quantitative estimate of drug-likeness (QED) is 0.695. The van der Waals surface area contributed by atoms with Crippen LogP contribution in [0.5, 0.6) is 0 Å². The number of rotatable bonds is 4. The average molecular weight is 178 g/mol. The molecule has 0 fully saturated rings. The predicted molar refractivity (Wildman–Crippen MR) is 48.0 cm³/mol. The van der Waals surface area contributed by atoms with Crippen LogP contribution in [0, 0.1) is 0 Å². The summed E-state index contributed by atoms with van der Waals surface area (Å²) in [6.45, 7) is 0.0145. The van der Waals surface area contributed by atoms with Crippen molar-refractivity contribution in [2.45, 2.75) is 6.42 Å². The monoisotopic (exact) mass is 178 g/mol. The van der Waals surface area contributed by atoms with E-state index >= 15 is 0 Å². The first-order chi connectivity index (χ1) is 6.30. The van der Waals surface area contributed by atoms with Crippen molar-refractivity contribution < 1.29 is 14.7 Å². The molecule has 0 aromatic heterocycles. The lowest BCUT2D eigenvalue weighted by Gasteiger charge is -2.00. The molecule has 0 aliphatic carbocycles. The van der Waals surface area contributed by atoms with Gasteiger partial charge in [-0.2, -0.15) is 0 Å². The van der Waals surface area contributed by atoms with E-state index in [4.69, 9.17) is 5.11 Å². The van der Waals surface area contributed by atoms with Crippen LogP contribution in [-0.2, 0) is 6.42 Å². The normalized spacial score (nSPS) is 9.62. The molecule has 0 amide bonds. The van der Waals surface area contributed by atoms with Crippen molar-refractivity contribution >= 4 is 12.6 Å². The van der Waals surface area contributed by atoms with Crippen molar-refractivity contribution in [2.75, 3.05) is 6.61 Å².